The maximum Gasteiger partial charge on any atom is 0.178 e. The Labute approximate surface area is 180 Å². The minimum atomic E-state index is -3.27. The van der Waals surface area contributed by atoms with Gasteiger partial charge in [-0.25, -0.2) is 13.4 Å². The fraction of sp³-hybridized carbons (Fsp3) is 0.333. The largest absolute Gasteiger partial charge is 0.308 e. The van der Waals surface area contributed by atoms with E-state index in [2.05, 4.69) is 22.4 Å². The molecule has 1 atom stereocenters. The molecule has 152 valence electrons. The molecule has 0 amide bonds. The third-order valence-corrected chi connectivity index (χ3v) is 8.27. The lowest BCUT2D eigenvalue weighted by atomic mass is 9.99. The molecular formula is C21H22ClN3O2S2. The van der Waals surface area contributed by atoms with Crippen LogP contribution in [-0.4, -0.2) is 30.7 Å². The Kier molecular flexibility index (Phi) is 6.29. The van der Waals surface area contributed by atoms with Gasteiger partial charge in [0.1, 0.15) is 0 Å². The van der Waals surface area contributed by atoms with Crippen LogP contribution in [0.1, 0.15) is 33.6 Å². The van der Waals surface area contributed by atoms with Gasteiger partial charge in [-0.3, -0.25) is 4.98 Å². The van der Waals surface area contributed by atoms with Gasteiger partial charge in [-0.15, -0.1) is 11.3 Å². The molecule has 1 aliphatic rings. The van der Waals surface area contributed by atoms with E-state index in [0.717, 1.165) is 35.1 Å². The van der Waals surface area contributed by atoms with Gasteiger partial charge in [-0.1, -0.05) is 23.7 Å². The van der Waals surface area contributed by atoms with Crippen LogP contribution in [0.4, 0.5) is 0 Å². The van der Waals surface area contributed by atoms with E-state index in [1.54, 1.807) is 23.5 Å². The minimum Gasteiger partial charge on any atom is -0.308 e. The van der Waals surface area contributed by atoms with Gasteiger partial charge < -0.3 is 5.32 Å². The number of fused-ring (bicyclic) bond motifs is 1. The SMILES string of the molecule is O=S(=O)(CCCc1nc2c(s1)CCNC2Cc1ccc(Cl)cc1)c1ccncc1. The molecule has 0 bridgehead atoms. The smallest absolute Gasteiger partial charge is 0.178 e. The van der Waals surface area contributed by atoms with E-state index in [1.165, 1.54) is 22.8 Å². The topological polar surface area (TPSA) is 72.0 Å². The van der Waals surface area contributed by atoms with Gasteiger partial charge in [0.25, 0.3) is 0 Å². The van der Waals surface area contributed by atoms with Crippen molar-refractivity contribution in [2.24, 2.45) is 0 Å². The van der Waals surface area contributed by atoms with Gasteiger partial charge in [-0.05, 0) is 49.1 Å². The first-order chi connectivity index (χ1) is 14.0. The van der Waals surface area contributed by atoms with E-state index in [4.69, 9.17) is 16.6 Å². The van der Waals surface area contributed by atoms with Gasteiger partial charge in [0.15, 0.2) is 9.84 Å². The van der Waals surface area contributed by atoms with Crippen molar-refractivity contribution in [1.29, 1.82) is 0 Å². The summed E-state index contributed by atoms with van der Waals surface area (Å²) in [5, 5.41) is 5.32. The minimum absolute atomic E-state index is 0.119. The van der Waals surface area contributed by atoms with E-state index in [1.807, 2.05) is 12.1 Å². The highest BCUT2D eigenvalue weighted by molar-refractivity contribution is 7.91. The van der Waals surface area contributed by atoms with Crippen molar-refractivity contribution in [1.82, 2.24) is 15.3 Å². The zero-order valence-electron chi connectivity index (χ0n) is 15.8. The highest BCUT2D eigenvalue weighted by Crippen LogP contribution is 2.31. The molecule has 3 aromatic rings. The quantitative estimate of drug-likeness (QED) is 0.592. The Morgan fingerprint density at radius 2 is 1.90 bits per heavy atom. The van der Waals surface area contributed by atoms with Crippen LogP contribution >= 0.6 is 22.9 Å². The third-order valence-electron chi connectivity index (χ3n) is 5.01. The molecule has 3 heterocycles. The molecule has 5 nitrogen and oxygen atoms in total. The van der Waals surface area contributed by atoms with Crippen molar-refractivity contribution in [3.05, 3.63) is 75.0 Å². The van der Waals surface area contributed by atoms with Crippen LogP contribution in [-0.2, 0) is 29.1 Å². The Morgan fingerprint density at radius 3 is 2.66 bits per heavy atom. The van der Waals surface area contributed by atoms with Crippen molar-refractivity contribution in [2.75, 3.05) is 12.3 Å². The number of benzene rings is 1. The molecule has 2 aromatic heterocycles. The Balaban J connectivity index is 1.40. The lowest BCUT2D eigenvalue weighted by Gasteiger charge is -2.23. The van der Waals surface area contributed by atoms with Crippen LogP contribution < -0.4 is 5.32 Å². The van der Waals surface area contributed by atoms with Crippen LogP contribution in [0.5, 0.6) is 0 Å². The molecule has 1 N–H and O–H groups in total. The Bertz CT molecular complexity index is 1070. The van der Waals surface area contributed by atoms with Crippen molar-refractivity contribution in [2.45, 2.75) is 36.6 Å². The Morgan fingerprint density at radius 1 is 1.14 bits per heavy atom. The lowest BCUT2D eigenvalue weighted by molar-refractivity contribution is 0.495. The first-order valence-corrected chi connectivity index (χ1v) is 12.4. The molecule has 1 aliphatic heterocycles. The maximum atomic E-state index is 12.4. The predicted octanol–water partition coefficient (Wildman–Crippen LogP) is 4.03. The van der Waals surface area contributed by atoms with Crippen LogP contribution in [0.2, 0.25) is 5.02 Å². The summed E-state index contributed by atoms with van der Waals surface area (Å²) in [6.07, 6.45) is 6.09. The van der Waals surface area contributed by atoms with Crippen LogP contribution in [0.3, 0.4) is 0 Å². The summed E-state index contributed by atoms with van der Waals surface area (Å²) in [7, 11) is -3.27. The van der Waals surface area contributed by atoms with Crippen molar-refractivity contribution >= 4 is 32.8 Å². The Hall–Kier alpha value is -1.80. The molecule has 0 aliphatic carbocycles. The molecule has 29 heavy (non-hydrogen) atoms. The highest BCUT2D eigenvalue weighted by Gasteiger charge is 2.24. The number of nitrogens with zero attached hydrogens (tertiary/aromatic N) is 2. The predicted molar refractivity (Wildman–Crippen MR) is 116 cm³/mol. The number of nitrogens with one attached hydrogen (secondary N) is 1. The van der Waals surface area contributed by atoms with E-state index in [0.29, 0.717) is 17.7 Å². The fourth-order valence-electron chi connectivity index (χ4n) is 3.53. The summed E-state index contributed by atoms with van der Waals surface area (Å²) in [6, 6.07) is 11.2. The molecule has 1 aromatic carbocycles. The summed E-state index contributed by atoms with van der Waals surface area (Å²) < 4.78 is 24.9. The van der Waals surface area contributed by atoms with Crippen LogP contribution in [0.25, 0.3) is 0 Å². The second kappa shape index (κ2) is 8.92. The number of thiazole rings is 1. The van der Waals surface area contributed by atoms with Crippen molar-refractivity contribution in [3.8, 4) is 0 Å². The molecule has 4 rings (SSSR count). The van der Waals surface area contributed by atoms with Gasteiger partial charge in [0.05, 0.1) is 27.4 Å². The molecule has 0 saturated carbocycles. The number of halogens is 1. The molecule has 0 saturated heterocycles. The fourth-order valence-corrected chi connectivity index (χ4v) is 6.12. The summed E-state index contributed by atoms with van der Waals surface area (Å²) in [5.41, 5.74) is 2.33. The van der Waals surface area contributed by atoms with E-state index >= 15 is 0 Å². The normalized spacial score (nSPS) is 16.5. The number of aromatic nitrogens is 2. The van der Waals surface area contributed by atoms with Crippen LogP contribution in [0, 0.1) is 0 Å². The number of aryl methyl sites for hydroxylation is 1. The summed E-state index contributed by atoms with van der Waals surface area (Å²) >= 11 is 7.71. The lowest BCUT2D eigenvalue weighted by Crippen LogP contribution is -2.30. The summed E-state index contributed by atoms with van der Waals surface area (Å²) in [6.45, 7) is 0.934. The van der Waals surface area contributed by atoms with Gasteiger partial charge in [-0.2, -0.15) is 0 Å². The van der Waals surface area contributed by atoms with Gasteiger partial charge in [0, 0.05) is 35.3 Å². The van der Waals surface area contributed by atoms with Crippen LogP contribution in [0.15, 0.2) is 53.7 Å². The van der Waals surface area contributed by atoms with E-state index < -0.39 is 9.84 Å². The van der Waals surface area contributed by atoms with Gasteiger partial charge >= 0.3 is 0 Å². The molecule has 0 spiro atoms. The second-order valence-electron chi connectivity index (χ2n) is 7.11. The molecule has 1 unspecified atom stereocenters. The molecule has 0 radical (unpaired) electrons. The second-order valence-corrected chi connectivity index (χ2v) is 10.8. The number of hydrogen-bond donors (Lipinski definition) is 1. The van der Waals surface area contributed by atoms with E-state index in [9.17, 15) is 8.42 Å². The number of rotatable bonds is 7. The molecule has 8 heteroatoms. The zero-order chi connectivity index (χ0) is 20.3. The van der Waals surface area contributed by atoms with Gasteiger partial charge in [0.2, 0.25) is 0 Å². The van der Waals surface area contributed by atoms with E-state index in [-0.39, 0.29) is 11.8 Å². The average molecular weight is 448 g/mol. The monoisotopic (exact) mass is 447 g/mol. The first-order valence-electron chi connectivity index (χ1n) is 9.60. The highest BCUT2D eigenvalue weighted by atomic mass is 35.5. The number of pyridine rings is 1. The van der Waals surface area contributed by atoms with Crippen molar-refractivity contribution < 1.29 is 8.42 Å². The standard InChI is InChI=1S/C21H22ClN3O2S2/c22-16-5-3-15(4-6-16)14-18-21-19(9-12-24-18)28-20(25-21)2-1-13-29(26,27)17-7-10-23-11-8-17/h3-8,10-11,18,24H,1-2,9,12-14H2. The molecular weight excluding hydrogens is 426 g/mol. The summed E-state index contributed by atoms with van der Waals surface area (Å²) in [4.78, 5) is 10.4. The average Bonchev–Trinajstić information content (AvgIpc) is 3.14. The first kappa shape index (κ1) is 20.5. The summed E-state index contributed by atoms with van der Waals surface area (Å²) in [5.74, 6) is 0.119. The third kappa shape index (κ3) is 5.04. The maximum absolute atomic E-state index is 12.4. The molecule has 0 fully saturated rings. The number of hydrogen-bond acceptors (Lipinski definition) is 6. The number of sulfone groups is 1. The van der Waals surface area contributed by atoms with Crippen molar-refractivity contribution in [3.63, 3.8) is 0 Å². The zero-order valence-corrected chi connectivity index (χ0v) is 18.2.